The van der Waals surface area contributed by atoms with E-state index in [1.54, 1.807) is 12.1 Å². The fourth-order valence-electron chi connectivity index (χ4n) is 2.94. The molecule has 0 atom stereocenters. The minimum Gasteiger partial charge on any atom is -0.478 e. The third kappa shape index (κ3) is 3.30. The quantitative estimate of drug-likeness (QED) is 0.896. The van der Waals surface area contributed by atoms with E-state index in [4.69, 9.17) is 0 Å². The second-order valence-corrected chi connectivity index (χ2v) is 5.96. The van der Waals surface area contributed by atoms with Crippen molar-refractivity contribution in [3.05, 3.63) is 28.2 Å². The van der Waals surface area contributed by atoms with Crippen LogP contribution in [0.15, 0.2) is 22.7 Å². The number of halogens is 1. The van der Waals surface area contributed by atoms with Crippen LogP contribution in [0.1, 0.15) is 49.4 Å². The molecule has 3 nitrogen and oxygen atoms in total. The zero-order valence-electron chi connectivity index (χ0n) is 11.2. The van der Waals surface area contributed by atoms with Gasteiger partial charge in [0, 0.05) is 17.1 Å². The third-order valence-corrected chi connectivity index (χ3v) is 4.35. The summed E-state index contributed by atoms with van der Waals surface area (Å²) in [6, 6.07) is 5.89. The molecule has 0 radical (unpaired) electrons. The molecule has 1 aliphatic carbocycles. The standard InChI is InChI=1S/C15H20BrNO2/c1-2-17(12-6-4-3-5-7-12)14-10-11(16)8-9-13(14)15(18)19/h8-10,12H,2-7H2,1H3,(H,18,19). The van der Waals surface area contributed by atoms with Gasteiger partial charge >= 0.3 is 5.97 Å². The maximum atomic E-state index is 11.4. The van der Waals surface area contributed by atoms with Gasteiger partial charge in [-0.05, 0) is 38.0 Å². The van der Waals surface area contributed by atoms with Gasteiger partial charge in [-0.2, -0.15) is 0 Å². The van der Waals surface area contributed by atoms with Crippen molar-refractivity contribution in [3.63, 3.8) is 0 Å². The summed E-state index contributed by atoms with van der Waals surface area (Å²) in [5.74, 6) is -0.850. The van der Waals surface area contributed by atoms with Gasteiger partial charge in [-0.15, -0.1) is 0 Å². The molecule has 1 aromatic carbocycles. The van der Waals surface area contributed by atoms with Gasteiger partial charge in [0.05, 0.1) is 11.3 Å². The number of rotatable bonds is 4. The number of hydrogen-bond donors (Lipinski definition) is 1. The summed E-state index contributed by atoms with van der Waals surface area (Å²) in [5, 5.41) is 9.36. The fraction of sp³-hybridized carbons (Fsp3) is 0.533. The second-order valence-electron chi connectivity index (χ2n) is 5.04. The number of carboxylic acids is 1. The Labute approximate surface area is 122 Å². The Kier molecular flexibility index (Phi) is 4.86. The van der Waals surface area contributed by atoms with Crippen molar-refractivity contribution >= 4 is 27.6 Å². The molecule has 0 heterocycles. The zero-order chi connectivity index (χ0) is 13.8. The first-order valence-corrected chi connectivity index (χ1v) is 7.72. The number of carbonyl (C=O) groups is 1. The Morgan fingerprint density at radius 3 is 2.63 bits per heavy atom. The van der Waals surface area contributed by atoms with Crippen LogP contribution in [0.4, 0.5) is 5.69 Å². The van der Waals surface area contributed by atoms with E-state index in [0.717, 1.165) is 16.7 Å². The maximum absolute atomic E-state index is 11.4. The minimum absolute atomic E-state index is 0.399. The molecular weight excluding hydrogens is 306 g/mol. The normalized spacial score (nSPS) is 16.3. The SMILES string of the molecule is CCN(c1cc(Br)ccc1C(=O)O)C1CCCCC1. The van der Waals surface area contributed by atoms with Crippen molar-refractivity contribution in [2.24, 2.45) is 0 Å². The Hall–Kier alpha value is -1.03. The molecule has 0 unspecified atom stereocenters. The lowest BCUT2D eigenvalue weighted by molar-refractivity contribution is 0.0697. The van der Waals surface area contributed by atoms with Gasteiger partial charge in [-0.3, -0.25) is 0 Å². The number of anilines is 1. The average molecular weight is 326 g/mol. The topological polar surface area (TPSA) is 40.5 Å². The van der Waals surface area contributed by atoms with E-state index in [1.807, 2.05) is 6.07 Å². The molecule has 1 fully saturated rings. The Balaban J connectivity index is 2.35. The van der Waals surface area contributed by atoms with E-state index in [-0.39, 0.29) is 0 Å². The first-order valence-electron chi connectivity index (χ1n) is 6.93. The molecule has 0 bridgehead atoms. The highest BCUT2D eigenvalue weighted by atomic mass is 79.9. The van der Waals surface area contributed by atoms with Crippen LogP contribution in [0.2, 0.25) is 0 Å². The first kappa shape index (κ1) is 14.4. The molecule has 19 heavy (non-hydrogen) atoms. The summed E-state index contributed by atoms with van der Waals surface area (Å²) in [7, 11) is 0. The number of aromatic carboxylic acids is 1. The summed E-state index contributed by atoms with van der Waals surface area (Å²) in [4.78, 5) is 13.7. The number of benzene rings is 1. The van der Waals surface area contributed by atoms with Crippen LogP contribution in [0.3, 0.4) is 0 Å². The van der Waals surface area contributed by atoms with Gasteiger partial charge in [0.15, 0.2) is 0 Å². The highest BCUT2D eigenvalue weighted by molar-refractivity contribution is 9.10. The van der Waals surface area contributed by atoms with E-state index in [0.29, 0.717) is 11.6 Å². The first-order chi connectivity index (χ1) is 9.13. The lowest BCUT2D eigenvalue weighted by atomic mass is 9.93. The van der Waals surface area contributed by atoms with Gasteiger partial charge in [0.1, 0.15) is 0 Å². The Bertz CT molecular complexity index is 455. The van der Waals surface area contributed by atoms with Crippen molar-refractivity contribution in [2.75, 3.05) is 11.4 Å². The summed E-state index contributed by atoms with van der Waals surface area (Å²) in [5.41, 5.74) is 1.24. The highest BCUT2D eigenvalue weighted by Gasteiger charge is 2.24. The minimum atomic E-state index is -0.850. The summed E-state index contributed by atoms with van der Waals surface area (Å²) in [6.45, 7) is 2.95. The van der Waals surface area contributed by atoms with Gasteiger partial charge in [-0.1, -0.05) is 35.2 Å². The van der Waals surface area contributed by atoms with Gasteiger partial charge < -0.3 is 10.0 Å². The summed E-state index contributed by atoms with van der Waals surface area (Å²) >= 11 is 3.45. The lowest BCUT2D eigenvalue weighted by Gasteiger charge is -2.36. The van der Waals surface area contributed by atoms with Crippen LogP contribution in [0, 0.1) is 0 Å². The molecule has 0 amide bonds. The molecule has 1 N–H and O–H groups in total. The molecule has 0 saturated heterocycles. The molecule has 0 spiro atoms. The fourth-order valence-corrected chi connectivity index (χ4v) is 3.29. The van der Waals surface area contributed by atoms with E-state index < -0.39 is 5.97 Å². The number of hydrogen-bond acceptors (Lipinski definition) is 2. The predicted octanol–water partition coefficient (Wildman–Crippen LogP) is 4.31. The van der Waals surface area contributed by atoms with Crippen molar-refractivity contribution < 1.29 is 9.90 Å². The molecule has 1 aliphatic rings. The maximum Gasteiger partial charge on any atom is 0.337 e. The van der Waals surface area contributed by atoms with Crippen molar-refractivity contribution in [2.45, 2.75) is 45.1 Å². The summed E-state index contributed by atoms with van der Waals surface area (Å²) in [6.07, 6.45) is 6.13. The van der Waals surface area contributed by atoms with Gasteiger partial charge in [0.25, 0.3) is 0 Å². The smallest absolute Gasteiger partial charge is 0.337 e. The van der Waals surface area contributed by atoms with Gasteiger partial charge in [-0.25, -0.2) is 4.79 Å². The second kappa shape index (κ2) is 6.42. The highest BCUT2D eigenvalue weighted by Crippen LogP contribution is 2.31. The molecular formula is C15H20BrNO2. The van der Waals surface area contributed by atoms with Crippen LogP contribution in [0.25, 0.3) is 0 Å². The molecule has 2 rings (SSSR count). The predicted molar refractivity (Wildman–Crippen MR) is 81.0 cm³/mol. The van der Waals surface area contributed by atoms with Crippen LogP contribution < -0.4 is 4.90 Å². The van der Waals surface area contributed by atoms with Crippen LogP contribution in [-0.2, 0) is 0 Å². The van der Waals surface area contributed by atoms with Gasteiger partial charge in [0.2, 0.25) is 0 Å². The van der Waals surface area contributed by atoms with E-state index in [2.05, 4.69) is 27.8 Å². The van der Waals surface area contributed by atoms with Crippen molar-refractivity contribution in [1.82, 2.24) is 0 Å². The van der Waals surface area contributed by atoms with Crippen molar-refractivity contribution in [1.29, 1.82) is 0 Å². The molecule has 0 aromatic heterocycles. The van der Waals surface area contributed by atoms with Crippen LogP contribution in [0.5, 0.6) is 0 Å². The van der Waals surface area contributed by atoms with Crippen LogP contribution in [-0.4, -0.2) is 23.7 Å². The molecule has 4 heteroatoms. The molecule has 0 aliphatic heterocycles. The summed E-state index contributed by atoms with van der Waals surface area (Å²) < 4.78 is 0.932. The largest absolute Gasteiger partial charge is 0.478 e. The number of carboxylic acid groups (broad SMARTS) is 1. The Morgan fingerprint density at radius 2 is 2.05 bits per heavy atom. The van der Waals surface area contributed by atoms with E-state index in [1.165, 1.54) is 32.1 Å². The third-order valence-electron chi connectivity index (χ3n) is 3.86. The monoisotopic (exact) mass is 325 g/mol. The van der Waals surface area contributed by atoms with E-state index in [9.17, 15) is 9.90 Å². The molecule has 104 valence electrons. The Morgan fingerprint density at radius 1 is 1.37 bits per heavy atom. The molecule has 1 saturated carbocycles. The average Bonchev–Trinajstić information content (AvgIpc) is 2.40. The zero-order valence-corrected chi connectivity index (χ0v) is 12.8. The molecule has 1 aromatic rings. The lowest BCUT2D eigenvalue weighted by Crippen LogP contribution is -2.37. The van der Waals surface area contributed by atoms with Crippen LogP contribution >= 0.6 is 15.9 Å². The van der Waals surface area contributed by atoms with E-state index >= 15 is 0 Å². The van der Waals surface area contributed by atoms with Crippen molar-refractivity contribution in [3.8, 4) is 0 Å². The number of nitrogens with zero attached hydrogens (tertiary/aromatic N) is 1.